The van der Waals surface area contributed by atoms with Crippen molar-refractivity contribution >= 4 is 5.97 Å². The fourth-order valence-corrected chi connectivity index (χ4v) is 4.09. The molecule has 3 heteroatoms. The smallest absolute Gasteiger partial charge is 0.334 e. The van der Waals surface area contributed by atoms with Gasteiger partial charge in [-0.3, -0.25) is 0 Å². The molecule has 0 spiro atoms. The maximum atomic E-state index is 11.6. The lowest BCUT2D eigenvalue weighted by molar-refractivity contribution is -0.142. The van der Waals surface area contributed by atoms with E-state index in [0.717, 1.165) is 31.3 Å². The molecule has 0 aromatic heterocycles. The highest BCUT2D eigenvalue weighted by Gasteiger charge is 2.53. The lowest BCUT2D eigenvalue weighted by Crippen LogP contribution is -2.48. The van der Waals surface area contributed by atoms with Crippen LogP contribution in [-0.4, -0.2) is 18.1 Å². The quantitative estimate of drug-likeness (QED) is 0.405. The molecule has 0 radical (unpaired) electrons. The highest BCUT2D eigenvalue weighted by Crippen LogP contribution is 2.56. The lowest BCUT2D eigenvalue weighted by Gasteiger charge is -2.51. The number of fused-ring (bicyclic) bond motifs is 2. The molecule has 1 saturated heterocycles. The minimum absolute atomic E-state index is 0.0355. The monoisotopic (exact) mass is 247 g/mol. The van der Waals surface area contributed by atoms with Gasteiger partial charge < -0.3 is 10.5 Å². The summed E-state index contributed by atoms with van der Waals surface area (Å²) >= 11 is 0. The van der Waals surface area contributed by atoms with Gasteiger partial charge in [0.15, 0.2) is 0 Å². The summed E-state index contributed by atoms with van der Waals surface area (Å²) in [6.07, 6.45) is 3.99. The zero-order chi connectivity index (χ0) is 13.1. The van der Waals surface area contributed by atoms with E-state index in [2.05, 4.69) is 20.1 Å². The third-order valence-electron chi connectivity index (χ3n) is 5.37. The molecule has 0 aromatic rings. The van der Waals surface area contributed by atoms with Gasteiger partial charge in [0.25, 0.3) is 0 Å². The Kier molecular flexibility index (Phi) is 2.46. The van der Waals surface area contributed by atoms with Crippen LogP contribution in [0.1, 0.15) is 32.6 Å². The van der Waals surface area contributed by atoms with Crippen molar-refractivity contribution in [1.29, 1.82) is 0 Å². The van der Waals surface area contributed by atoms with Crippen LogP contribution in [0.4, 0.5) is 0 Å². The average Bonchev–Trinajstić information content (AvgIpc) is 2.58. The van der Waals surface area contributed by atoms with Gasteiger partial charge in [0.1, 0.15) is 6.10 Å². The van der Waals surface area contributed by atoms with E-state index in [4.69, 9.17) is 10.5 Å². The summed E-state index contributed by atoms with van der Waals surface area (Å²) in [5.74, 6) is 0.383. The first-order chi connectivity index (χ1) is 8.42. The molecule has 2 aliphatic carbocycles. The van der Waals surface area contributed by atoms with E-state index in [1.54, 1.807) is 0 Å². The molecule has 98 valence electrons. The first-order valence-electron chi connectivity index (χ1n) is 6.76. The van der Waals surface area contributed by atoms with Crippen LogP contribution in [0.5, 0.6) is 0 Å². The molecule has 5 atom stereocenters. The highest BCUT2D eigenvalue weighted by atomic mass is 16.6. The number of hydrogen-bond acceptors (Lipinski definition) is 3. The summed E-state index contributed by atoms with van der Waals surface area (Å²) in [5, 5.41) is 0. The summed E-state index contributed by atoms with van der Waals surface area (Å²) in [6, 6.07) is 0.117. The summed E-state index contributed by atoms with van der Waals surface area (Å²) < 4.78 is 5.45. The maximum absolute atomic E-state index is 11.6. The van der Waals surface area contributed by atoms with Gasteiger partial charge in [-0.15, -0.1) is 0 Å². The molecule has 1 heterocycles. The molecule has 2 N–H and O–H groups in total. The number of carbonyl (C=O) groups excluding carboxylic acids is 1. The summed E-state index contributed by atoms with van der Waals surface area (Å²) in [7, 11) is 0. The van der Waals surface area contributed by atoms with E-state index >= 15 is 0 Å². The Balaban J connectivity index is 1.91. The van der Waals surface area contributed by atoms with Gasteiger partial charge in [0, 0.05) is 17.5 Å². The zero-order valence-electron chi connectivity index (χ0n) is 10.9. The molecule has 2 saturated carbocycles. The van der Waals surface area contributed by atoms with Crippen molar-refractivity contribution in [3.8, 4) is 0 Å². The van der Waals surface area contributed by atoms with E-state index in [0.29, 0.717) is 11.5 Å². The van der Waals surface area contributed by atoms with Crippen molar-refractivity contribution in [2.24, 2.45) is 23.0 Å². The number of rotatable bonds is 0. The predicted molar refractivity (Wildman–Crippen MR) is 69.7 cm³/mol. The van der Waals surface area contributed by atoms with Gasteiger partial charge in [-0.05, 0) is 37.0 Å². The Morgan fingerprint density at radius 1 is 1.44 bits per heavy atom. The lowest BCUT2D eigenvalue weighted by atomic mass is 9.55. The van der Waals surface area contributed by atoms with Crippen molar-refractivity contribution < 1.29 is 9.53 Å². The Labute approximate surface area is 108 Å². The highest BCUT2D eigenvalue weighted by molar-refractivity contribution is 5.90. The van der Waals surface area contributed by atoms with E-state index in [1.165, 1.54) is 0 Å². The first kappa shape index (κ1) is 12.0. The van der Waals surface area contributed by atoms with Crippen molar-refractivity contribution in [2.45, 2.75) is 44.8 Å². The molecule has 1 unspecified atom stereocenters. The van der Waals surface area contributed by atoms with Gasteiger partial charge in [-0.2, -0.15) is 0 Å². The second-order valence-electron chi connectivity index (χ2n) is 6.44. The molecule has 3 aliphatic rings. The van der Waals surface area contributed by atoms with Crippen LogP contribution in [0.25, 0.3) is 0 Å². The topological polar surface area (TPSA) is 52.3 Å². The summed E-state index contributed by atoms with van der Waals surface area (Å²) in [4.78, 5) is 11.6. The van der Waals surface area contributed by atoms with Crippen LogP contribution in [0.3, 0.4) is 0 Å². The van der Waals surface area contributed by atoms with E-state index in [9.17, 15) is 4.79 Å². The van der Waals surface area contributed by atoms with Crippen LogP contribution in [-0.2, 0) is 9.53 Å². The Hall–Kier alpha value is -1.09. The minimum Gasteiger partial charge on any atom is -0.458 e. The average molecular weight is 247 g/mol. The fourth-order valence-electron chi connectivity index (χ4n) is 4.09. The Morgan fingerprint density at radius 2 is 2.17 bits per heavy atom. The number of ether oxygens (including phenoxy) is 1. The minimum atomic E-state index is -0.206. The first-order valence-corrected chi connectivity index (χ1v) is 6.76. The fraction of sp³-hybridized carbons (Fsp3) is 0.667. The van der Waals surface area contributed by atoms with E-state index in [1.807, 2.05) is 0 Å². The van der Waals surface area contributed by atoms with Crippen LogP contribution in [0.2, 0.25) is 0 Å². The second kappa shape index (κ2) is 3.70. The molecule has 0 aromatic carbocycles. The van der Waals surface area contributed by atoms with E-state index < -0.39 is 0 Å². The normalized spacial score (nSPS) is 47.6. The molecule has 3 nitrogen and oxygen atoms in total. The van der Waals surface area contributed by atoms with Gasteiger partial charge in [-0.1, -0.05) is 25.7 Å². The van der Waals surface area contributed by atoms with Crippen LogP contribution >= 0.6 is 0 Å². The van der Waals surface area contributed by atoms with Crippen molar-refractivity contribution in [1.82, 2.24) is 0 Å². The van der Waals surface area contributed by atoms with Crippen molar-refractivity contribution in [3.63, 3.8) is 0 Å². The second-order valence-corrected chi connectivity index (χ2v) is 6.44. The molecular weight excluding hydrogens is 226 g/mol. The van der Waals surface area contributed by atoms with Crippen LogP contribution in [0, 0.1) is 17.3 Å². The van der Waals surface area contributed by atoms with Gasteiger partial charge in [0.2, 0.25) is 0 Å². The van der Waals surface area contributed by atoms with Gasteiger partial charge in [0.05, 0.1) is 0 Å². The largest absolute Gasteiger partial charge is 0.458 e. The Bertz CT molecular complexity index is 442. The molecule has 0 amide bonds. The molecular formula is C15H21NO2. The van der Waals surface area contributed by atoms with Gasteiger partial charge >= 0.3 is 5.97 Å². The Morgan fingerprint density at radius 3 is 2.89 bits per heavy atom. The van der Waals surface area contributed by atoms with Crippen molar-refractivity contribution in [2.75, 3.05) is 0 Å². The standard InChI is InChI=1S/C15H21NO2/c1-8-10-6-11-9(2)12(16)4-5-15(11,3)7-13(10)18-14(8)17/h10-13H,1-2,4-7,16H2,3H3/t10-,11+,12?,13-,15-/m1/s1. The molecule has 18 heavy (non-hydrogen) atoms. The summed E-state index contributed by atoms with van der Waals surface area (Å²) in [6.45, 7) is 10.4. The third-order valence-corrected chi connectivity index (χ3v) is 5.37. The van der Waals surface area contributed by atoms with E-state index in [-0.39, 0.29) is 29.4 Å². The van der Waals surface area contributed by atoms with Gasteiger partial charge in [-0.25, -0.2) is 4.79 Å². The third kappa shape index (κ3) is 1.50. The number of nitrogens with two attached hydrogens (primary N) is 1. The number of hydrogen-bond donors (Lipinski definition) is 1. The summed E-state index contributed by atoms with van der Waals surface area (Å²) in [5.41, 5.74) is 8.13. The number of carbonyl (C=O) groups is 1. The predicted octanol–water partition coefficient (Wildman–Crippen LogP) is 2.18. The molecule has 3 fully saturated rings. The zero-order valence-corrected chi connectivity index (χ0v) is 10.9. The van der Waals surface area contributed by atoms with Crippen LogP contribution < -0.4 is 5.73 Å². The molecule has 3 rings (SSSR count). The molecule has 1 aliphatic heterocycles. The van der Waals surface area contributed by atoms with Crippen molar-refractivity contribution in [3.05, 3.63) is 24.3 Å². The SMILES string of the molecule is C=C1C(=O)O[C@@H]2C[C@@]3(C)CCC(N)C(=C)[C@@H]3C[C@H]12. The number of esters is 1. The van der Waals surface area contributed by atoms with Crippen LogP contribution in [0.15, 0.2) is 24.3 Å². The molecule has 0 bridgehead atoms. The maximum Gasteiger partial charge on any atom is 0.334 e.